The summed E-state index contributed by atoms with van der Waals surface area (Å²) in [6.07, 6.45) is 3.03. The number of carbonyl (C=O) groups excluding carboxylic acids is 1. The summed E-state index contributed by atoms with van der Waals surface area (Å²) < 4.78 is 6.98. The topological polar surface area (TPSA) is 79.8 Å². The van der Waals surface area contributed by atoms with E-state index in [2.05, 4.69) is 20.0 Å². The lowest BCUT2D eigenvalue weighted by Crippen LogP contribution is -2.49. The second kappa shape index (κ2) is 6.80. The van der Waals surface area contributed by atoms with Gasteiger partial charge in [0.15, 0.2) is 5.76 Å². The van der Waals surface area contributed by atoms with Gasteiger partial charge in [-0.3, -0.25) is 4.79 Å². The van der Waals surface area contributed by atoms with E-state index in [0.717, 1.165) is 17.1 Å². The molecule has 1 fully saturated rings. The zero-order chi connectivity index (χ0) is 18.9. The number of amides is 1. The lowest BCUT2D eigenvalue weighted by Gasteiger charge is -2.35. The number of aromatic nitrogens is 4. The second-order valence-electron chi connectivity index (χ2n) is 6.59. The largest absolute Gasteiger partial charge is 0.459 e. The highest BCUT2D eigenvalue weighted by Crippen LogP contribution is 2.24. The summed E-state index contributed by atoms with van der Waals surface area (Å²) in [4.78, 5) is 25.4. The first kappa shape index (κ1) is 16.5. The molecule has 1 saturated heterocycles. The van der Waals surface area contributed by atoms with Crippen LogP contribution in [-0.2, 0) is 0 Å². The molecule has 1 aliphatic heterocycles. The van der Waals surface area contributed by atoms with Gasteiger partial charge in [-0.05, 0) is 12.1 Å². The normalized spacial score (nSPS) is 14.6. The van der Waals surface area contributed by atoms with Crippen molar-refractivity contribution in [1.82, 2.24) is 24.5 Å². The Morgan fingerprint density at radius 2 is 1.82 bits per heavy atom. The van der Waals surface area contributed by atoms with Gasteiger partial charge in [0.25, 0.3) is 11.7 Å². The minimum absolute atomic E-state index is 0.0738. The molecule has 28 heavy (non-hydrogen) atoms. The Balaban J connectivity index is 1.42. The van der Waals surface area contributed by atoms with Crippen LogP contribution in [0, 0.1) is 0 Å². The van der Waals surface area contributed by atoms with Crippen LogP contribution in [0.15, 0.2) is 65.5 Å². The molecule has 5 rings (SSSR count). The van der Waals surface area contributed by atoms with Gasteiger partial charge in [-0.1, -0.05) is 30.3 Å². The average Bonchev–Trinajstić information content (AvgIpc) is 3.45. The van der Waals surface area contributed by atoms with E-state index in [-0.39, 0.29) is 5.91 Å². The zero-order valence-electron chi connectivity index (χ0n) is 15.1. The van der Waals surface area contributed by atoms with E-state index < -0.39 is 0 Å². The number of rotatable bonds is 3. The number of hydrogen-bond donors (Lipinski definition) is 0. The van der Waals surface area contributed by atoms with Gasteiger partial charge in [0, 0.05) is 37.8 Å². The summed E-state index contributed by atoms with van der Waals surface area (Å²) in [7, 11) is 0. The monoisotopic (exact) mass is 374 g/mol. The third kappa shape index (κ3) is 2.88. The highest BCUT2D eigenvalue weighted by molar-refractivity contribution is 5.91. The van der Waals surface area contributed by atoms with Gasteiger partial charge in [-0.2, -0.15) is 14.6 Å². The first-order valence-electron chi connectivity index (χ1n) is 9.13. The van der Waals surface area contributed by atoms with Gasteiger partial charge in [0.1, 0.15) is 12.1 Å². The first-order chi connectivity index (χ1) is 13.8. The molecular formula is C20H18N6O2. The molecule has 8 heteroatoms. The number of hydrogen-bond acceptors (Lipinski definition) is 6. The Bertz CT molecular complexity index is 1100. The van der Waals surface area contributed by atoms with Crippen LogP contribution in [0.1, 0.15) is 10.6 Å². The number of fused-ring (bicyclic) bond motifs is 1. The van der Waals surface area contributed by atoms with Crippen LogP contribution in [0.5, 0.6) is 0 Å². The second-order valence-corrected chi connectivity index (χ2v) is 6.59. The molecular weight excluding hydrogens is 356 g/mol. The summed E-state index contributed by atoms with van der Waals surface area (Å²) in [5, 5.41) is 4.33. The zero-order valence-corrected chi connectivity index (χ0v) is 15.1. The summed E-state index contributed by atoms with van der Waals surface area (Å²) in [6.45, 7) is 2.61. The number of carbonyl (C=O) groups is 1. The van der Waals surface area contributed by atoms with Crippen molar-refractivity contribution in [2.45, 2.75) is 0 Å². The van der Waals surface area contributed by atoms with E-state index in [0.29, 0.717) is 37.7 Å². The van der Waals surface area contributed by atoms with Crippen molar-refractivity contribution >= 4 is 17.5 Å². The summed E-state index contributed by atoms with van der Waals surface area (Å²) in [5.41, 5.74) is 1.88. The van der Waals surface area contributed by atoms with Gasteiger partial charge in [0.05, 0.1) is 12.0 Å². The molecule has 140 valence electrons. The number of nitrogens with zero attached hydrogens (tertiary/aromatic N) is 6. The van der Waals surface area contributed by atoms with E-state index >= 15 is 0 Å². The van der Waals surface area contributed by atoms with Crippen molar-refractivity contribution in [3.63, 3.8) is 0 Å². The van der Waals surface area contributed by atoms with Crippen molar-refractivity contribution in [3.8, 4) is 11.3 Å². The fourth-order valence-electron chi connectivity index (χ4n) is 3.47. The third-order valence-electron chi connectivity index (χ3n) is 4.93. The molecule has 8 nitrogen and oxygen atoms in total. The SMILES string of the molecule is O=C(c1ccco1)N1CCN(c2cc(-c3ccccc3)nc3ncnn23)CC1. The predicted octanol–water partition coefficient (Wildman–Crippen LogP) is 2.35. The van der Waals surface area contributed by atoms with Crippen LogP contribution in [0.3, 0.4) is 0 Å². The molecule has 0 radical (unpaired) electrons. The molecule has 0 aliphatic carbocycles. The molecule has 0 spiro atoms. The Labute approximate surface area is 161 Å². The molecule has 4 aromatic rings. The molecule has 4 heterocycles. The minimum atomic E-state index is -0.0738. The number of benzene rings is 1. The van der Waals surface area contributed by atoms with Gasteiger partial charge < -0.3 is 14.2 Å². The number of anilines is 1. The lowest BCUT2D eigenvalue weighted by molar-refractivity contribution is 0.0714. The van der Waals surface area contributed by atoms with Gasteiger partial charge in [0.2, 0.25) is 0 Å². The molecule has 0 bridgehead atoms. The van der Waals surface area contributed by atoms with Gasteiger partial charge in [-0.15, -0.1) is 0 Å². The standard InChI is InChI=1S/C20H18N6O2/c27-19(17-7-4-12-28-17)25-10-8-24(9-11-25)18-13-16(15-5-2-1-3-6-15)23-20-21-14-22-26(18)20/h1-7,12-14H,8-11H2. The third-order valence-corrected chi connectivity index (χ3v) is 4.93. The van der Waals surface area contributed by atoms with Crippen LogP contribution in [-0.4, -0.2) is 56.6 Å². The number of piperazine rings is 1. The maximum absolute atomic E-state index is 12.5. The molecule has 1 aromatic carbocycles. The van der Waals surface area contributed by atoms with Crippen molar-refractivity contribution in [3.05, 3.63) is 66.9 Å². The van der Waals surface area contributed by atoms with Crippen LogP contribution < -0.4 is 4.90 Å². The fourth-order valence-corrected chi connectivity index (χ4v) is 3.47. The molecule has 0 unspecified atom stereocenters. The summed E-state index contributed by atoms with van der Waals surface area (Å²) in [5.74, 6) is 1.79. The quantitative estimate of drug-likeness (QED) is 0.548. The lowest BCUT2D eigenvalue weighted by atomic mass is 10.1. The van der Waals surface area contributed by atoms with E-state index in [1.165, 1.54) is 12.6 Å². The van der Waals surface area contributed by atoms with Crippen LogP contribution in [0.2, 0.25) is 0 Å². The van der Waals surface area contributed by atoms with Gasteiger partial charge >= 0.3 is 0 Å². The Hall–Kier alpha value is -3.68. The molecule has 1 aliphatic rings. The summed E-state index contributed by atoms with van der Waals surface area (Å²) in [6, 6.07) is 15.5. The van der Waals surface area contributed by atoms with E-state index in [4.69, 9.17) is 4.42 Å². The molecule has 3 aromatic heterocycles. The highest BCUT2D eigenvalue weighted by atomic mass is 16.3. The van der Waals surface area contributed by atoms with Crippen molar-refractivity contribution in [1.29, 1.82) is 0 Å². The molecule has 0 N–H and O–H groups in total. The Morgan fingerprint density at radius 3 is 2.57 bits per heavy atom. The van der Waals surface area contributed by atoms with Crippen LogP contribution in [0.4, 0.5) is 5.82 Å². The fraction of sp³-hybridized carbons (Fsp3) is 0.200. The number of furan rings is 1. The predicted molar refractivity (Wildman–Crippen MR) is 103 cm³/mol. The molecule has 1 amide bonds. The Morgan fingerprint density at radius 1 is 1.00 bits per heavy atom. The van der Waals surface area contributed by atoms with E-state index in [9.17, 15) is 4.79 Å². The highest BCUT2D eigenvalue weighted by Gasteiger charge is 2.25. The van der Waals surface area contributed by atoms with Crippen molar-refractivity contribution in [2.75, 3.05) is 31.1 Å². The van der Waals surface area contributed by atoms with Crippen LogP contribution >= 0.6 is 0 Å². The molecule has 0 saturated carbocycles. The molecule has 0 atom stereocenters. The van der Waals surface area contributed by atoms with Crippen molar-refractivity contribution in [2.24, 2.45) is 0 Å². The summed E-state index contributed by atoms with van der Waals surface area (Å²) >= 11 is 0. The van der Waals surface area contributed by atoms with Crippen molar-refractivity contribution < 1.29 is 9.21 Å². The van der Waals surface area contributed by atoms with Crippen LogP contribution in [0.25, 0.3) is 17.0 Å². The smallest absolute Gasteiger partial charge is 0.289 e. The maximum atomic E-state index is 12.5. The first-order valence-corrected chi connectivity index (χ1v) is 9.13. The maximum Gasteiger partial charge on any atom is 0.289 e. The van der Waals surface area contributed by atoms with Gasteiger partial charge in [-0.25, -0.2) is 4.98 Å². The Kier molecular flexibility index (Phi) is 4.01. The minimum Gasteiger partial charge on any atom is -0.459 e. The van der Waals surface area contributed by atoms with E-state index in [1.807, 2.05) is 41.3 Å². The van der Waals surface area contributed by atoms with E-state index in [1.54, 1.807) is 16.6 Å². The average molecular weight is 374 g/mol.